The zero-order valence-electron chi connectivity index (χ0n) is 8.68. The van der Waals surface area contributed by atoms with Crippen molar-refractivity contribution < 1.29 is 0 Å². The molecule has 0 aliphatic carbocycles. The van der Waals surface area contributed by atoms with Crippen LogP contribution < -0.4 is 5.32 Å². The third-order valence-corrected chi connectivity index (χ3v) is 3.57. The van der Waals surface area contributed by atoms with E-state index in [4.69, 9.17) is 0 Å². The van der Waals surface area contributed by atoms with Crippen molar-refractivity contribution in [1.29, 1.82) is 0 Å². The van der Waals surface area contributed by atoms with Crippen LogP contribution in [0, 0.1) is 12.8 Å². The molecular formula is C10H16BrN3. The lowest BCUT2D eigenvalue weighted by atomic mass is 9.98. The Morgan fingerprint density at radius 1 is 1.64 bits per heavy atom. The fraction of sp³-hybridized carbons (Fsp3) is 0.700. The predicted octanol–water partition coefficient (Wildman–Crippen LogP) is 1.74. The number of halogens is 1. The van der Waals surface area contributed by atoms with Gasteiger partial charge in [0.25, 0.3) is 0 Å². The second-order valence-electron chi connectivity index (χ2n) is 3.97. The molecule has 1 aromatic heterocycles. The Labute approximate surface area is 93.0 Å². The molecule has 1 aliphatic rings. The first kappa shape index (κ1) is 10.2. The summed E-state index contributed by atoms with van der Waals surface area (Å²) in [5.74, 6) is 1.89. The van der Waals surface area contributed by atoms with Crippen molar-refractivity contribution in [2.75, 3.05) is 13.6 Å². The van der Waals surface area contributed by atoms with Crippen LogP contribution >= 0.6 is 15.9 Å². The SMILES string of the molecule is CNCC1CCc2c(Br)nc(C)n2C1. The van der Waals surface area contributed by atoms with Gasteiger partial charge in [-0.2, -0.15) is 0 Å². The van der Waals surface area contributed by atoms with Crippen LogP contribution in [0.5, 0.6) is 0 Å². The predicted molar refractivity (Wildman–Crippen MR) is 60.4 cm³/mol. The minimum absolute atomic E-state index is 0.757. The highest BCUT2D eigenvalue weighted by Gasteiger charge is 2.22. The minimum atomic E-state index is 0.757. The van der Waals surface area contributed by atoms with Crippen molar-refractivity contribution in [2.24, 2.45) is 5.92 Å². The number of hydrogen-bond donors (Lipinski definition) is 1. The molecule has 0 amide bonds. The lowest BCUT2D eigenvalue weighted by Gasteiger charge is -2.24. The molecule has 0 radical (unpaired) electrons. The van der Waals surface area contributed by atoms with Gasteiger partial charge in [-0.15, -0.1) is 0 Å². The van der Waals surface area contributed by atoms with Crippen LogP contribution in [0.25, 0.3) is 0 Å². The number of hydrogen-bond acceptors (Lipinski definition) is 2. The maximum atomic E-state index is 4.45. The van der Waals surface area contributed by atoms with E-state index >= 15 is 0 Å². The highest BCUT2D eigenvalue weighted by Crippen LogP contribution is 2.26. The van der Waals surface area contributed by atoms with Gasteiger partial charge in [-0.25, -0.2) is 4.98 Å². The normalized spacial score (nSPS) is 20.9. The topological polar surface area (TPSA) is 29.9 Å². The Kier molecular flexibility index (Phi) is 2.93. The Morgan fingerprint density at radius 3 is 3.14 bits per heavy atom. The summed E-state index contributed by atoms with van der Waals surface area (Å²) in [6.45, 7) is 4.30. The van der Waals surface area contributed by atoms with Crippen molar-refractivity contribution in [3.05, 3.63) is 16.1 Å². The zero-order chi connectivity index (χ0) is 10.1. The van der Waals surface area contributed by atoms with E-state index in [0.29, 0.717) is 0 Å². The number of nitrogens with one attached hydrogen (secondary N) is 1. The smallest absolute Gasteiger partial charge is 0.127 e. The maximum absolute atomic E-state index is 4.45. The van der Waals surface area contributed by atoms with Crippen LogP contribution in [0.4, 0.5) is 0 Å². The van der Waals surface area contributed by atoms with Crippen LogP contribution in [0.2, 0.25) is 0 Å². The average molecular weight is 258 g/mol. The van der Waals surface area contributed by atoms with Crippen molar-refractivity contribution in [2.45, 2.75) is 26.3 Å². The molecule has 0 spiro atoms. The summed E-state index contributed by atoms with van der Waals surface area (Å²) in [5.41, 5.74) is 1.37. The van der Waals surface area contributed by atoms with Crippen LogP contribution in [-0.4, -0.2) is 23.1 Å². The Morgan fingerprint density at radius 2 is 2.43 bits per heavy atom. The lowest BCUT2D eigenvalue weighted by Crippen LogP contribution is -2.28. The number of fused-ring (bicyclic) bond motifs is 1. The molecule has 0 bridgehead atoms. The van der Waals surface area contributed by atoms with Crippen molar-refractivity contribution in [3.8, 4) is 0 Å². The summed E-state index contributed by atoms with van der Waals surface area (Å²) in [4.78, 5) is 4.45. The van der Waals surface area contributed by atoms with E-state index < -0.39 is 0 Å². The molecule has 2 rings (SSSR count). The van der Waals surface area contributed by atoms with Gasteiger partial charge >= 0.3 is 0 Å². The molecule has 0 fully saturated rings. The van der Waals surface area contributed by atoms with E-state index in [9.17, 15) is 0 Å². The van der Waals surface area contributed by atoms with Gasteiger partial charge in [0.1, 0.15) is 10.4 Å². The molecule has 4 heteroatoms. The standard InChI is InChI=1S/C10H16BrN3/c1-7-13-10(11)9-4-3-8(5-12-2)6-14(7)9/h8,12H,3-6H2,1-2H3. The Hall–Kier alpha value is -0.350. The molecule has 3 nitrogen and oxygen atoms in total. The van der Waals surface area contributed by atoms with Gasteiger partial charge in [0.15, 0.2) is 0 Å². The summed E-state index contributed by atoms with van der Waals surface area (Å²) in [7, 11) is 2.02. The van der Waals surface area contributed by atoms with Gasteiger partial charge in [0.2, 0.25) is 0 Å². The third kappa shape index (κ3) is 1.73. The summed E-state index contributed by atoms with van der Waals surface area (Å²) in [5, 5.41) is 3.25. The Balaban J connectivity index is 2.21. The number of nitrogens with zero attached hydrogens (tertiary/aromatic N) is 2. The van der Waals surface area contributed by atoms with Crippen LogP contribution in [0.3, 0.4) is 0 Å². The molecule has 0 aromatic carbocycles. The number of aryl methyl sites for hydroxylation is 1. The molecule has 1 N–H and O–H groups in total. The van der Waals surface area contributed by atoms with Gasteiger partial charge in [-0.05, 0) is 55.2 Å². The van der Waals surface area contributed by atoms with Crippen LogP contribution in [-0.2, 0) is 13.0 Å². The quantitative estimate of drug-likeness (QED) is 0.875. The first-order valence-electron chi connectivity index (χ1n) is 5.08. The first-order chi connectivity index (χ1) is 6.72. The molecule has 1 aromatic rings. The van der Waals surface area contributed by atoms with Gasteiger partial charge in [-0.1, -0.05) is 0 Å². The van der Waals surface area contributed by atoms with Crippen LogP contribution in [0.1, 0.15) is 17.9 Å². The van der Waals surface area contributed by atoms with Gasteiger partial charge in [0.05, 0.1) is 5.69 Å². The minimum Gasteiger partial charge on any atom is -0.331 e. The zero-order valence-corrected chi connectivity index (χ0v) is 10.3. The summed E-state index contributed by atoms with van der Waals surface area (Å²) >= 11 is 3.51. The second kappa shape index (κ2) is 4.03. The van der Waals surface area contributed by atoms with E-state index in [-0.39, 0.29) is 0 Å². The van der Waals surface area contributed by atoms with Crippen molar-refractivity contribution >= 4 is 15.9 Å². The molecule has 14 heavy (non-hydrogen) atoms. The molecule has 0 saturated carbocycles. The maximum Gasteiger partial charge on any atom is 0.127 e. The molecule has 1 aliphatic heterocycles. The summed E-state index contributed by atoms with van der Waals surface area (Å²) in [6, 6.07) is 0. The summed E-state index contributed by atoms with van der Waals surface area (Å²) in [6.07, 6.45) is 2.42. The van der Waals surface area contributed by atoms with E-state index in [1.165, 1.54) is 12.1 Å². The number of aromatic nitrogens is 2. The van der Waals surface area contributed by atoms with Gasteiger partial charge in [-0.3, -0.25) is 0 Å². The molecule has 78 valence electrons. The van der Waals surface area contributed by atoms with Crippen molar-refractivity contribution in [1.82, 2.24) is 14.9 Å². The monoisotopic (exact) mass is 257 g/mol. The van der Waals surface area contributed by atoms with Gasteiger partial charge < -0.3 is 9.88 Å². The fourth-order valence-electron chi connectivity index (χ4n) is 2.20. The lowest BCUT2D eigenvalue weighted by molar-refractivity contribution is 0.356. The second-order valence-corrected chi connectivity index (χ2v) is 4.72. The molecule has 2 heterocycles. The first-order valence-corrected chi connectivity index (χ1v) is 5.87. The van der Waals surface area contributed by atoms with E-state index in [1.807, 2.05) is 7.05 Å². The third-order valence-electron chi connectivity index (χ3n) is 2.94. The number of rotatable bonds is 2. The highest BCUT2D eigenvalue weighted by atomic mass is 79.9. The Bertz CT molecular complexity index is 332. The van der Waals surface area contributed by atoms with E-state index in [1.54, 1.807) is 0 Å². The van der Waals surface area contributed by atoms with E-state index in [0.717, 1.165) is 35.9 Å². The molecule has 1 unspecified atom stereocenters. The van der Waals surface area contributed by atoms with Crippen LogP contribution in [0.15, 0.2) is 4.60 Å². The van der Waals surface area contributed by atoms with Gasteiger partial charge in [0, 0.05) is 6.54 Å². The largest absolute Gasteiger partial charge is 0.331 e. The summed E-state index contributed by atoms with van der Waals surface area (Å²) < 4.78 is 3.38. The highest BCUT2D eigenvalue weighted by molar-refractivity contribution is 9.10. The molecule has 0 saturated heterocycles. The molecule has 1 atom stereocenters. The van der Waals surface area contributed by atoms with E-state index in [2.05, 4.69) is 37.7 Å². The molecular weight excluding hydrogens is 242 g/mol. The fourth-order valence-corrected chi connectivity index (χ4v) is 2.87. The number of imidazole rings is 1. The van der Waals surface area contributed by atoms with Crippen molar-refractivity contribution in [3.63, 3.8) is 0 Å². The average Bonchev–Trinajstić information content (AvgIpc) is 2.43.